The largest absolute Gasteiger partial charge is 0.367 e. The van der Waals surface area contributed by atoms with E-state index in [0.717, 1.165) is 16.8 Å². The Morgan fingerprint density at radius 1 is 1.29 bits per heavy atom. The quantitative estimate of drug-likeness (QED) is 0.667. The number of aromatic nitrogens is 2. The number of anilines is 1. The average Bonchev–Trinajstić information content (AvgIpc) is 3.24. The number of hydrogen-bond acceptors (Lipinski definition) is 4. The maximum Gasteiger partial charge on any atom is 0.253 e. The third kappa shape index (κ3) is 3.88. The molecule has 3 N–H and O–H groups in total. The minimum atomic E-state index is -0.316. The fourth-order valence-electron chi connectivity index (χ4n) is 2.16. The van der Waals surface area contributed by atoms with Crippen LogP contribution in [-0.4, -0.2) is 28.3 Å². The Kier molecular flexibility index (Phi) is 4.72. The van der Waals surface area contributed by atoms with Crippen molar-refractivity contribution in [2.45, 2.75) is 6.92 Å². The van der Waals surface area contributed by atoms with Crippen LogP contribution in [0.2, 0.25) is 0 Å². The van der Waals surface area contributed by atoms with E-state index < -0.39 is 0 Å². The summed E-state index contributed by atoms with van der Waals surface area (Å²) in [6.45, 7) is 1.91. The number of nitrogens with one attached hydrogen (secondary N) is 3. The predicted octanol–water partition coefficient (Wildman–Crippen LogP) is 2.82. The van der Waals surface area contributed by atoms with Crippen molar-refractivity contribution >= 4 is 28.3 Å². The second kappa shape index (κ2) is 7.10. The highest BCUT2D eigenvalue weighted by Crippen LogP contribution is 2.25. The lowest BCUT2D eigenvalue weighted by atomic mass is 10.1. The molecule has 0 atom stereocenters. The van der Waals surface area contributed by atoms with Gasteiger partial charge in [0.15, 0.2) is 5.13 Å². The van der Waals surface area contributed by atoms with Gasteiger partial charge in [0.05, 0.1) is 17.8 Å². The SMILES string of the molecule is Cc1cccc(-c2csc(NC(=O)CNC(=O)c3cc[nH]c3)n2)c1. The summed E-state index contributed by atoms with van der Waals surface area (Å²) in [5.74, 6) is -0.616. The van der Waals surface area contributed by atoms with Gasteiger partial charge in [0.2, 0.25) is 5.91 Å². The van der Waals surface area contributed by atoms with Crippen LogP contribution in [0.25, 0.3) is 11.3 Å². The summed E-state index contributed by atoms with van der Waals surface area (Å²) in [5, 5.41) is 7.65. The van der Waals surface area contributed by atoms with Crippen molar-refractivity contribution in [3.05, 3.63) is 59.2 Å². The number of hydrogen-bond donors (Lipinski definition) is 3. The summed E-state index contributed by atoms with van der Waals surface area (Å²) in [6, 6.07) is 9.65. The molecule has 122 valence electrons. The van der Waals surface area contributed by atoms with Crippen LogP contribution in [-0.2, 0) is 4.79 Å². The van der Waals surface area contributed by atoms with Gasteiger partial charge < -0.3 is 15.6 Å². The third-order valence-corrected chi connectivity index (χ3v) is 4.09. The number of amides is 2. The van der Waals surface area contributed by atoms with Crippen molar-refractivity contribution < 1.29 is 9.59 Å². The summed E-state index contributed by atoms with van der Waals surface area (Å²) in [6.07, 6.45) is 3.22. The molecular formula is C17H16N4O2S. The molecule has 0 aliphatic heterocycles. The Bertz CT molecular complexity index is 855. The molecule has 0 fully saturated rings. The van der Waals surface area contributed by atoms with Gasteiger partial charge in [-0.1, -0.05) is 23.8 Å². The van der Waals surface area contributed by atoms with E-state index in [9.17, 15) is 9.59 Å². The van der Waals surface area contributed by atoms with Gasteiger partial charge in [-0.25, -0.2) is 4.98 Å². The first-order chi connectivity index (χ1) is 11.6. The highest BCUT2D eigenvalue weighted by molar-refractivity contribution is 7.14. The zero-order valence-corrected chi connectivity index (χ0v) is 13.8. The minimum absolute atomic E-state index is 0.108. The highest BCUT2D eigenvalue weighted by Gasteiger charge is 2.11. The predicted molar refractivity (Wildman–Crippen MR) is 94.0 cm³/mol. The first-order valence-electron chi connectivity index (χ1n) is 7.35. The molecule has 2 aromatic heterocycles. The summed E-state index contributed by atoms with van der Waals surface area (Å²) < 4.78 is 0. The van der Waals surface area contributed by atoms with Crippen molar-refractivity contribution in [3.63, 3.8) is 0 Å². The number of H-pyrrole nitrogens is 1. The van der Waals surface area contributed by atoms with Crippen molar-refractivity contribution in [2.75, 3.05) is 11.9 Å². The summed E-state index contributed by atoms with van der Waals surface area (Å²) >= 11 is 1.35. The Morgan fingerprint density at radius 3 is 2.92 bits per heavy atom. The van der Waals surface area contributed by atoms with Gasteiger partial charge in [-0.15, -0.1) is 11.3 Å². The second-order valence-electron chi connectivity index (χ2n) is 5.24. The average molecular weight is 340 g/mol. The van der Waals surface area contributed by atoms with Crippen molar-refractivity contribution in [2.24, 2.45) is 0 Å². The molecule has 24 heavy (non-hydrogen) atoms. The fraction of sp³-hybridized carbons (Fsp3) is 0.118. The number of carbonyl (C=O) groups excluding carboxylic acids is 2. The monoisotopic (exact) mass is 340 g/mol. The van der Waals surface area contributed by atoms with E-state index in [1.807, 2.05) is 36.6 Å². The van der Waals surface area contributed by atoms with Gasteiger partial charge in [-0.2, -0.15) is 0 Å². The van der Waals surface area contributed by atoms with Crippen molar-refractivity contribution in [1.82, 2.24) is 15.3 Å². The first-order valence-corrected chi connectivity index (χ1v) is 8.23. The normalized spacial score (nSPS) is 10.4. The van der Waals surface area contributed by atoms with E-state index in [-0.39, 0.29) is 18.4 Å². The lowest BCUT2D eigenvalue weighted by Crippen LogP contribution is -2.32. The maximum atomic E-state index is 11.9. The summed E-state index contributed by atoms with van der Waals surface area (Å²) in [4.78, 5) is 30.9. The van der Waals surface area contributed by atoms with Crippen LogP contribution in [0.1, 0.15) is 15.9 Å². The molecule has 2 amide bonds. The Hall–Kier alpha value is -2.93. The number of aryl methyl sites for hydroxylation is 1. The topological polar surface area (TPSA) is 86.9 Å². The first kappa shape index (κ1) is 15.9. The van der Waals surface area contributed by atoms with Crippen LogP contribution in [0.4, 0.5) is 5.13 Å². The van der Waals surface area contributed by atoms with Crippen molar-refractivity contribution in [3.8, 4) is 11.3 Å². The molecule has 0 unspecified atom stereocenters. The van der Waals surface area contributed by atoms with E-state index in [4.69, 9.17) is 0 Å². The summed E-state index contributed by atoms with van der Waals surface area (Å²) in [7, 11) is 0. The summed E-state index contributed by atoms with van der Waals surface area (Å²) in [5.41, 5.74) is 3.46. The molecule has 0 spiro atoms. The Labute approximate surface area is 142 Å². The van der Waals surface area contributed by atoms with Crippen LogP contribution in [0.5, 0.6) is 0 Å². The molecular weight excluding hydrogens is 324 g/mol. The lowest BCUT2D eigenvalue weighted by molar-refractivity contribution is -0.115. The smallest absolute Gasteiger partial charge is 0.253 e. The van der Waals surface area contributed by atoms with Crippen LogP contribution >= 0.6 is 11.3 Å². The van der Waals surface area contributed by atoms with Gasteiger partial charge >= 0.3 is 0 Å². The minimum Gasteiger partial charge on any atom is -0.367 e. The Balaban J connectivity index is 1.56. The van der Waals surface area contributed by atoms with Gasteiger partial charge in [-0.3, -0.25) is 9.59 Å². The number of carbonyl (C=O) groups is 2. The van der Waals surface area contributed by atoms with Crippen LogP contribution in [0.3, 0.4) is 0 Å². The van der Waals surface area contributed by atoms with E-state index >= 15 is 0 Å². The zero-order chi connectivity index (χ0) is 16.9. The molecule has 7 heteroatoms. The van der Waals surface area contributed by atoms with E-state index in [1.165, 1.54) is 11.3 Å². The van der Waals surface area contributed by atoms with Crippen molar-refractivity contribution in [1.29, 1.82) is 0 Å². The van der Waals surface area contributed by atoms with Gasteiger partial charge in [0.1, 0.15) is 0 Å². The van der Waals surface area contributed by atoms with E-state index in [0.29, 0.717) is 10.7 Å². The molecule has 3 rings (SSSR count). The molecule has 0 bridgehead atoms. The maximum absolute atomic E-state index is 11.9. The number of aromatic amines is 1. The molecule has 0 saturated carbocycles. The highest BCUT2D eigenvalue weighted by atomic mass is 32.1. The fourth-order valence-corrected chi connectivity index (χ4v) is 2.90. The molecule has 0 saturated heterocycles. The van der Waals surface area contributed by atoms with Crippen LogP contribution < -0.4 is 10.6 Å². The Morgan fingerprint density at radius 2 is 2.17 bits per heavy atom. The van der Waals surface area contributed by atoms with E-state index in [2.05, 4.69) is 20.6 Å². The zero-order valence-electron chi connectivity index (χ0n) is 13.0. The third-order valence-electron chi connectivity index (χ3n) is 3.33. The molecule has 3 aromatic rings. The van der Waals surface area contributed by atoms with Gasteiger partial charge in [-0.05, 0) is 19.1 Å². The molecule has 1 aromatic carbocycles. The number of benzene rings is 1. The number of nitrogens with zero attached hydrogens (tertiary/aromatic N) is 1. The number of rotatable bonds is 5. The standard InChI is InChI=1S/C17H16N4O2S/c1-11-3-2-4-12(7-11)14-10-24-17(20-14)21-15(22)9-19-16(23)13-5-6-18-8-13/h2-8,10,18H,9H2,1H3,(H,19,23)(H,20,21,22). The molecule has 0 aliphatic rings. The number of thiazole rings is 1. The molecule has 2 heterocycles. The molecule has 0 radical (unpaired) electrons. The van der Waals surface area contributed by atoms with Crippen LogP contribution in [0.15, 0.2) is 48.1 Å². The van der Waals surface area contributed by atoms with E-state index in [1.54, 1.807) is 18.5 Å². The molecule has 0 aliphatic carbocycles. The lowest BCUT2D eigenvalue weighted by Gasteiger charge is -2.03. The van der Waals surface area contributed by atoms with Crippen LogP contribution in [0, 0.1) is 6.92 Å². The van der Waals surface area contributed by atoms with Gasteiger partial charge in [0.25, 0.3) is 5.91 Å². The molecule has 6 nitrogen and oxygen atoms in total. The second-order valence-corrected chi connectivity index (χ2v) is 6.10. The van der Waals surface area contributed by atoms with Gasteiger partial charge in [0, 0.05) is 23.3 Å².